The van der Waals surface area contributed by atoms with Gasteiger partial charge in [-0.15, -0.1) is 0 Å². The first-order valence-corrected chi connectivity index (χ1v) is 8.11. The van der Waals surface area contributed by atoms with Crippen molar-refractivity contribution in [3.05, 3.63) is 17.0 Å². The molecule has 2 saturated carbocycles. The second-order valence-corrected chi connectivity index (χ2v) is 6.49. The van der Waals surface area contributed by atoms with Gasteiger partial charge in [0.15, 0.2) is 0 Å². The van der Waals surface area contributed by atoms with Gasteiger partial charge >= 0.3 is 0 Å². The average molecular weight is 309 g/mol. The van der Waals surface area contributed by atoms with Crippen LogP contribution in [0.4, 0.5) is 5.82 Å². The van der Waals surface area contributed by atoms with E-state index in [1.165, 1.54) is 0 Å². The number of amides is 1. The summed E-state index contributed by atoms with van der Waals surface area (Å²) in [6.07, 6.45) is 7.37. The van der Waals surface area contributed by atoms with Crippen molar-refractivity contribution in [1.29, 1.82) is 0 Å². The van der Waals surface area contributed by atoms with Gasteiger partial charge < -0.3 is 11.1 Å². The fraction of sp³-hybridized carbons (Fsp3) is 0.667. The minimum atomic E-state index is -0.225. The van der Waals surface area contributed by atoms with E-state index in [9.17, 15) is 4.79 Å². The van der Waals surface area contributed by atoms with Crippen LogP contribution in [0.1, 0.15) is 56.7 Å². The number of halogens is 1. The normalized spacial score (nSPS) is 26.1. The molecule has 21 heavy (non-hydrogen) atoms. The third kappa shape index (κ3) is 3.64. The van der Waals surface area contributed by atoms with Crippen molar-refractivity contribution >= 4 is 23.3 Å². The first-order valence-electron chi connectivity index (χ1n) is 7.74. The summed E-state index contributed by atoms with van der Waals surface area (Å²) in [5, 5.41) is 3.84. The number of aromatic nitrogens is 2. The lowest BCUT2D eigenvalue weighted by molar-refractivity contribution is -0.122. The zero-order valence-corrected chi connectivity index (χ0v) is 12.8. The molecule has 1 heterocycles. The van der Waals surface area contributed by atoms with Gasteiger partial charge in [0.2, 0.25) is 5.91 Å². The Kier molecular flexibility index (Phi) is 4.29. The second kappa shape index (κ2) is 6.18. The fourth-order valence-corrected chi connectivity index (χ4v) is 3.23. The number of carbonyl (C=O) groups excluding carboxylic acids is 1. The van der Waals surface area contributed by atoms with Crippen LogP contribution in [-0.2, 0) is 4.79 Å². The zero-order chi connectivity index (χ0) is 14.8. The Balaban J connectivity index is 1.78. The first kappa shape index (κ1) is 14.6. The molecule has 5 nitrogen and oxygen atoms in total. The van der Waals surface area contributed by atoms with Crippen molar-refractivity contribution in [2.45, 2.75) is 56.9 Å². The predicted molar refractivity (Wildman–Crippen MR) is 82.2 cm³/mol. The molecule has 2 fully saturated rings. The van der Waals surface area contributed by atoms with Crippen molar-refractivity contribution < 1.29 is 4.79 Å². The molecule has 0 spiro atoms. The van der Waals surface area contributed by atoms with E-state index >= 15 is 0 Å². The molecule has 114 valence electrons. The van der Waals surface area contributed by atoms with Crippen LogP contribution in [-0.4, -0.2) is 21.9 Å². The lowest BCUT2D eigenvalue weighted by Crippen LogP contribution is -2.37. The lowest BCUT2D eigenvalue weighted by Gasteiger charge is -2.24. The maximum atomic E-state index is 11.7. The van der Waals surface area contributed by atoms with Crippen LogP contribution in [0.15, 0.2) is 6.07 Å². The molecule has 2 aliphatic carbocycles. The minimum Gasteiger partial charge on any atom is -0.369 e. The Hall–Kier alpha value is -1.36. The number of hydrogen-bond acceptors (Lipinski definition) is 4. The topological polar surface area (TPSA) is 80.9 Å². The van der Waals surface area contributed by atoms with E-state index in [1.807, 2.05) is 0 Å². The Bertz CT molecular complexity index is 532. The molecule has 3 N–H and O–H groups in total. The van der Waals surface area contributed by atoms with E-state index in [1.54, 1.807) is 6.07 Å². The summed E-state index contributed by atoms with van der Waals surface area (Å²) < 4.78 is 0. The highest BCUT2D eigenvalue weighted by Gasteiger charge is 2.30. The van der Waals surface area contributed by atoms with Crippen LogP contribution in [0.25, 0.3) is 0 Å². The Morgan fingerprint density at radius 3 is 2.67 bits per heavy atom. The number of nitrogens with zero attached hydrogens (tertiary/aromatic N) is 2. The molecule has 0 aliphatic heterocycles. The average Bonchev–Trinajstić information content (AvgIpc) is 3.25. The van der Waals surface area contributed by atoms with Gasteiger partial charge in [-0.2, -0.15) is 0 Å². The van der Waals surface area contributed by atoms with Crippen LogP contribution in [0, 0.1) is 5.92 Å². The highest BCUT2D eigenvalue weighted by molar-refractivity contribution is 6.29. The van der Waals surface area contributed by atoms with Gasteiger partial charge in [0.25, 0.3) is 0 Å². The maximum absolute atomic E-state index is 11.7. The summed E-state index contributed by atoms with van der Waals surface area (Å²) in [5.41, 5.74) is 5.56. The Morgan fingerprint density at radius 1 is 1.19 bits per heavy atom. The molecule has 1 aromatic heterocycles. The summed E-state index contributed by atoms with van der Waals surface area (Å²) in [4.78, 5) is 20.5. The van der Waals surface area contributed by atoms with E-state index in [0.717, 1.165) is 56.6 Å². The van der Waals surface area contributed by atoms with Gasteiger partial charge in [0.1, 0.15) is 16.8 Å². The summed E-state index contributed by atoms with van der Waals surface area (Å²) in [6, 6.07) is 1.78. The summed E-state index contributed by atoms with van der Waals surface area (Å²) in [7, 11) is 0. The van der Waals surface area contributed by atoms with Gasteiger partial charge in [-0.25, -0.2) is 9.97 Å². The van der Waals surface area contributed by atoms with Crippen LogP contribution in [0.3, 0.4) is 0 Å². The third-order valence-electron chi connectivity index (χ3n) is 4.37. The number of nitrogens with one attached hydrogen (secondary N) is 1. The summed E-state index contributed by atoms with van der Waals surface area (Å²) in [6.45, 7) is 0. The number of anilines is 1. The summed E-state index contributed by atoms with van der Waals surface area (Å²) >= 11 is 6.09. The smallest absolute Gasteiger partial charge is 0.222 e. The number of rotatable bonds is 4. The van der Waals surface area contributed by atoms with Crippen LogP contribution < -0.4 is 11.1 Å². The van der Waals surface area contributed by atoms with Gasteiger partial charge in [-0.05, 0) is 25.7 Å². The van der Waals surface area contributed by atoms with Gasteiger partial charge in [0, 0.05) is 18.0 Å². The highest BCUT2D eigenvalue weighted by Crippen LogP contribution is 2.39. The molecule has 6 heteroatoms. The lowest BCUT2D eigenvalue weighted by atomic mass is 9.94. The minimum absolute atomic E-state index is 0.0445. The Labute approximate surface area is 129 Å². The SMILES string of the molecule is NC(=O)C1CCCCCC1Nc1cc(Cl)nc(C2CC2)n1. The molecular formula is C15H21ClN4O. The zero-order valence-electron chi connectivity index (χ0n) is 12.0. The molecule has 0 radical (unpaired) electrons. The molecule has 2 aliphatic rings. The third-order valence-corrected chi connectivity index (χ3v) is 4.56. The number of nitrogens with two attached hydrogens (primary N) is 1. The second-order valence-electron chi connectivity index (χ2n) is 6.11. The van der Waals surface area contributed by atoms with Crippen molar-refractivity contribution in [3.8, 4) is 0 Å². The standard InChI is InChI=1S/C15H21ClN4O/c16-12-8-13(20-15(19-12)9-6-7-9)18-11-5-3-1-2-4-10(11)14(17)21/h8-11H,1-7H2,(H2,17,21)(H,18,19,20). The molecule has 1 amide bonds. The molecular weight excluding hydrogens is 288 g/mol. The fourth-order valence-electron chi connectivity index (χ4n) is 3.04. The van der Waals surface area contributed by atoms with Crippen molar-refractivity contribution in [3.63, 3.8) is 0 Å². The quantitative estimate of drug-likeness (QED) is 0.662. The number of primary amides is 1. The predicted octanol–water partition coefficient (Wildman–Crippen LogP) is 2.85. The molecule has 0 saturated heterocycles. The van der Waals surface area contributed by atoms with Crippen LogP contribution >= 0.6 is 11.6 Å². The van der Waals surface area contributed by atoms with E-state index < -0.39 is 0 Å². The Morgan fingerprint density at radius 2 is 1.95 bits per heavy atom. The highest BCUT2D eigenvalue weighted by atomic mass is 35.5. The van der Waals surface area contributed by atoms with Gasteiger partial charge in [-0.1, -0.05) is 30.9 Å². The molecule has 0 bridgehead atoms. The van der Waals surface area contributed by atoms with Crippen LogP contribution in [0.2, 0.25) is 5.15 Å². The van der Waals surface area contributed by atoms with Crippen LogP contribution in [0.5, 0.6) is 0 Å². The maximum Gasteiger partial charge on any atom is 0.222 e. The monoisotopic (exact) mass is 308 g/mol. The molecule has 2 unspecified atom stereocenters. The molecule has 0 aromatic carbocycles. The number of carbonyl (C=O) groups is 1. The van der Waals surface area contributed by atoms with Gasteiger partial charge in [-0.3, -0.25) is 4.79 Å². The van der Waals surface area contributed by atoms with E-state index in [-0.39, 0.29) is 17.9 Å². The summed E-state index contributed by atoms with van der Waals surface area (Å²) in [5.74, 6) is 1.62. The van der Waals surface area contributed by atoms with E-state index in [0.29, 0.717) is 11.1 Å². The number of hydrogen-bond donors (Lipinski definition) is 2. The van der Waals surface area contributed by atoms with E-state index in [4.69, 9.17) is 17.3 Å². The van der Waals surface area contributed by atoms with Gasteiger partial charge in [0.05, 0.1) is 5.92 Å². The molecule has 1 aromatic rings. The van der Waals surface area contributed by atoms with Crippen molar-refractivity contribution in [2.75, 3.05) is 5.32 Å². The first-order chi connectivity index (χ1) is 10.1. The van der Waals surface area contributed by atoms with Crippen molar-refractivity contribution in [1.82, 2.24) is 9.97 Å². The van der Waals surface area contributed by atoms with Crippen molar-refractivity contribution in [2.24, 2.45) is 11.7 Å². The van der Waals surface area contributed by atoms with E-state index in [2.05, 4.69) is 15.3 Å². The molecule has 3 rings (SSSR count). The largest absolute Gasteiger partial charge is 0.369 e. The molecule has 2 atom stereocenters.